The van der Waals surface area contributed by atoms with Crippen LogP contribution in [-0.4, -0.2) is 19.2 Å². The van der Waals surface area contributed by atoms with Crippen molar-refractivity contribution in [2.24, 2.45) is 0 Å². The minimum Gasteiger partial charge on any atom is -0.392 e. The first-order valence-corrected chi connectivity index (χ1v) is 5.03. The lowest BCUT2D eigenvalue weighted by molar-refractivity contribution is 0.281. The number of imidazole rings is 1. The van der Waals surface area contributed by atoms with Crippen LogP contribution in [-0.2, 0) is 19.7 Å². The van der Waals surface area contributed by atoms with Gasteiger partial charge in [-0.25, -0.2) is 4.98 Å². The molecule has 0 fully saturated rings. The minimum atomic E-state index is 0.108. The monoisotopic (exact) mass is 205 g/mol. The Morgan fingerprint density at radius 2 is 2.20 bits per heavy atom. The zero-order valence-electron chi connectivity index (χ0n) is 8.80. The third kappa shape index (κ3) is 2.27. The third-order valence-corrected chi connectivity index (χ3v) is 2.52. The Morgan fingerprint density at radius 3 is 2.80 bits per heavy atom. The maximum absolute atomic E-state index is 8.92. The SMILES string of the molecule is Cc1nccn1CCn1ccc(CO)c1. The van der Waals surface area contributed by atoms with Crippen molar-refractivity contribution in [3.05, 3.63) is 42.2 Å². The Labute approximate surface area is 88.8 Å². The zero-order chi connectivity index (χ0) is 10.7. The summed E-state index contributed by atoms with van der Waals surface area (Å²) in [6.45, 7) is 3.91. The highest BCUT2D eigenvalue weighted by Crippen LogP contribution is 2.02. The van der Waals surface area contributed by atoms with E-state index in [0.29, 0.717) is 0 Å². The largest absolute Gasteiger partial charge is 0.392 e. The highest BCUT2D eigenvalue weighted by molar-refractivity contribution is 5.08. The molecule has 2 aromatic rings. The Hall–Kier alpha value is -1.55. The summed E-state index contributed by atoms with van der Waals surface area (Å²) in [5.74, 6) is 1.03. The van der Waals surface area contributed by atoms with Crippen molar-refractivity contribution in [1.29, 1.82) is 0 Å². The van der Waals surface area contributed by atoms with E-state index in [9.17, 15) is 0 Å². The molecule has 0 aliphatic heterocycles. The Kier molecular flexibility index (Phi) is 2.87. The summed E-state index contributed by atoms with van der Waals surface area (Å²) in [4.78, 5) is 4.16. The summed E-state index contributed by atoms with van der Waals surface area (Å²) < 4.78 is 4.18. The molecule has 2 rings (SSSR count). The number of aliphatic hydroxyl groups excluding tert-OH is 1. The van der Waals surface area contributed by atoms with Crippen LogP contribution in [0.1, 0.15) is 11.4 Å². The number of hydrogen-bond acceptors (Lipinski definition) is 2. The normalized spacial score (nSPS) is 10.8. The molecule has 0 spiro atoms. The number of aromatic nitrogens is 3. The van der Waals surface area contributed by atoms with E-state index in [4.69, 9.17) is 5.11 Å². The summed E-state index contributed by atoms with van der Waals surface area (Å²) in [7, 11) is 0. The Bertz CT molecular complexity index is 430. The van der Waals surface area contributed by atoms with Gasteiger partial charge in [0.2, 0.25) is 0 Å². The molecule has 0 amide bonds. The van der Waals surface area contributed by atoms with Gasteiger partial charge in [-0.3, -0.25) is 0 Å². The average Bonchev–Trinajstić information content (AvgIpc) is 2.84. The Morgan fingerprint density at radius 1 is 1.33 bits per heavy atom. The smallest absolute Gasteiger partial charge is 0.105 e. The molecule has 0 aromatic carbocycles. The van der Waals surface area contributed by atoms with Crippen LogP contribution in [0.2, 0.25) is 0 Å². The topological polar surface area (TPSA) is 43.0 Å². The van der Waals surface area contributed by atoms with Crippen LogP contribution in [0.15, 0.2) is 30.9 Å². The molecule has 2 aromatic heterocycles. The number of rotatable bonds is 4. The first-order chi connectivity index (χ1) is 7.29. The lowest BCUT2D eigenvalue weighted by Crippen LogP contribution is -2.06. The van der Waals surface area contributed by atoms with Gasteiger partial charge in [0.25, 0.3) is 0 Å². The van der Waals surface area contributed by atoms with Crippen LogP contribution in [0, 0.1) is 6.92 Å². The van der Waals surface area contributed by atoms with Crippen LogP contribution in [0.4, 0.5) is 0 Å². The molecular weight excluding hydrogens is 190 g/mol. The number of nitrogens with zero attached hydrogens (tertiary/aromatic N) is 3. The molecule has 0 bridgehead atoms. The molecule has 0 saturated heterocycles. The minimum absolute atomic E-state index is 0.108. The van der Waals surface area contributed by atoms with Gasteiger partial charge >= 0.3 is 0 Å². The second-order valence-corrected chi connectivity index (χ2v) is 3.58. The fraction of sp³-hybridized carbons (Fsp3) is 0.364. The average molecular weight is 205 g/mol. The predicted molar refractivity (Wildman–Crippen MR) is 57.3 cm³/mol. The molecule has 0 radical (unpaired) electrons. The van der Waals surface area contributed by atoms with E-state index < -0.39 is 0 Å². The first-order valence-electron chi connectivity index (χ1n) is 5.03. The molecular formula is C11H15N3O. The third-order valence-electron chi connectivity index (χ3n) is 2.52. The lowest BCUT2D eigenvalue weighted by Gasteiger charge is -2.05. The van der Waals surface area contributed by atoms with Gasteiger partial charge in [-0.05, 0) is 18.6 Å². The van der Waals surface area contributed by atoms with Crippen molar-refractivity contribution < 1.29 is 5.11 Å². The van der Waals surface area contributed by atoms with Gasteiger partial charge in [-0.15, -0.1) is 0 Å². The maximum atomic E-state index is 8.92. The number of aliphatic hydroxyl groups is 1. The van der Waals surface area contributed by atoms with Crippen molar-refractivity contribution in [3.63, 3.8) is 0 Å². The number of aryl methyl sites for hydroxylation is 3. The van der Waals surface area contributed by atoms with E-state index in [1.807, 2.05) is 37.8 Å². The van der Waals surface area contributed by atoms with Crippen molar-refractivity contribution in [1.82, 2.24) is 14.1 Å². The fourth-order valence-electron chi connectivity index (χ4n) is 1.59. The highest BCUT2D eigenvalue weighted by Gasteiger charge is 1.98. The van der Waals surface area contributed by atoms with E-state index in [-0.39, 0.29) is 6.61 Å². The maximum Gasteiger partial charge on any atom is 0.105 e. The second-order valence-electron chi connectivity index (χ2n) is 3.58. The van der Waals surface area contributed by atoms with Gasteiger partial charge < -0.3 is 14.2 Å². The van der Waals surface area contributed by atoms with Crippen LogP contribution in [0.5, 0.6) is 0 Å². The van der Waals surface area contributed by atoms with Gasteiger partial charge in [0, 0.05) is 37.9 Å². The molecule has 80 valence electrons. The molecule has 4 heteroatoms. The summed E-state index contributed by atoms with van der Waals surface area (Å²) >= 11 is 0. The van der Waals surface area contributed by atoms with E-state index in [0.717, 1.165) is 24.5 Å². The Balaban J connectivity index is 1.96. The quantitative estimate of drug-likeness (QED) is 0.814. The van der Waals surface area contributed by atoms with E-state index in [1.54, 1.807) is 0 Å². The van der Waals surface area contributed by atoms with Crippen molar-refractivity contribution in [2.75, 3.05) is 0 Å². The molecule has 15 heavy (non-hydrogen) atoms. The fourth-order valence-corrected chi connectivity index (χ4v) is 1.59. The summed E-state index contributed by atoms with van der Waals surface area (Å²) in [6.07, 6.45) is 7.74. The van der Waals surface area contributed by atoms with E-state index in [1.165, 1.54) is 0 Å². The van der Waals surface area contributed by atoms with Crippen LogP contribution >= 0.6 is 0 Å². The van der Waals surface area contributed by atoms with Crippen molar-refractivity contribution >= 4 is 0 Å². The summed E-state index contributed by atoms with van der Waals surface area (Å²) in [5.41, 5.74) is 0.956. The molecule has 0 aliphatic rings. The summed E-state index contributed by atoms with van der Waals surface area (Å²) in [5, 5.41) is 8.92. The molecule has 4 nitrogen and oxygen atoms in total. The van der Waals surface area contributed by atoms with Crippen LogP contribution in [0.3, 0.4) is 0 Å². The lowest BCUT2D eigenvalue weighted by atomic mass is 10.4. The van der Waals surface area contributed by atoms with Crippen LogP contribution < -0.4 is 0 Å². The molecule has 0 unspecified atom stereocenters. The molecule has 0 atom stereocenters. The van der Waals surface area contributed by atoms with Gasteiger partial charge in [0.1, 0.15) is 5.82 Å². The van der Waals surface area contributed by atoms with Crippen molar-refractivity contribution in [2.45, 2.75) is 26.6 Å². The highest BCUT2D eigenvalue weighted by atomic mass is 16.3. The standard InChI is InChI=1S/C11H15N3O/c1-10-12-3-5-14(10)7-6-13-4-2-11(8-13)9-15/h2-5,8,15H,6-7,9H2,1H3. The van der Waals surface area contributed by atoms with E-state index in [2.05, 4.69) is 14.1 Å². The van der Waals surface area contributed by atoms with Crippen LogP contribution in [0.25, 0.3) is 0 Å². The number of hydrogen-bond donors (Lipinski definition) is 1. The van der Waals surface area contributed by atoms with E-state index >= 15 is 0 Å². The predicted octanol–water partition coefficient (Wildman–Crippen LogP) is 1.19. The van der Waals surface area contributed by atoms with Gasteiger partial charge in [-0.1, -0.05) is 0 Å². The van der Waals surface area contributed by atoms with Gasteiger partial charge in [0.05, 0.1) is 6.61 Å². The molecule has 2 heterocycles. The van der Waals surface area contributed by atoms with Gasteiger partial charge in [0.15, 0.2) is 0 Å². The van der Waals surface area contributed by atoms with Gasteiger partial charge in [-0.2, -0.15) is 0 Å². The second kappa shape index (κ2) is 4.31. The zero-order valence-corrected chi connectivity index (χ0v) is 8.80. The molecule has 0 aliphatic carbocycles. The summed E-state index contributed by atoms with van der Waals surface area (Å²) in [6, 6.07) is 1.93. The molecule has 0 saturated carbocycles. The molecule has 1 N–H and O–H groups in total. The van der Waals surface area contributed by atoms with Crippen molar-refractivity contribution in [3.8, 4) is 0 Å². The first kappa shape index (κ1) is 9.98.